The lowest BCUT2D eigenvalue weighted by atomic mass is 9.90. The number of likely N-dealkylation sites (tertiary alicyclic amines) is 1. The van der Waals surface area contributed by atoms with Crippen molar-refractivity contribution in [3.63, 3.8) is 0 Å². The lowest BCUT2D eigenvalue weighted by Gasteiger charge is -2.32. The highest BCUT2D eigenvalue weighted by atomic mass is 35.5. The molecule has 0 bridgehead atoms. The first kappa shape index (κ1) is 17.9. The van der Waals surface area contributed by atoms with Crippen LogP contribution in [0.5, 0.6) is 0 Å². The smallest absolute Gasteiger partial charge is 0.223 e. The van der Waals surface area contributed by atoms with Gasteiger partial charge in [-0.25, -0.2) is 4.39 Å². The van der Waals surface area contributed by atoms with Crippen LogP contribution in [-0.2, 0) is 11.2 Å². The first-order chi connectivity index (χ1) is 9.70. The van der Waals surface area contributed by atoms with E-state index in [1.54, 1.807) is 6.07 Å². The highest BCUT2D eigenvalue weighted by Gasteiger charge is 2.23. The van der Waals surface area contributed by atoms with Gasteiger partial charge in [-0.1, -0.05) is 18.2 Å². The average Bonchev–Trinajstić information content (AvgIpc) is 2.48. The fourth-order valence-corrected chi connectivity index (χ4v) is 2.75. The minimum absolute atomic E-state index is 0. The zero-order valence-electron chi connectivity index (χ0n) is 12.5. The molecule has 1 aliphatic rings. The van der Waals surface area contributed by atoms with Crippen molar-refractivity contribution in [1.82, 2.24) is 10.2 Å². The Balaban J connectivity index is 0.00000220. The fourth-order valence-electron chi connectivity index (χ4n) is 2.75. The van der Waals surface area contributed by atoms with Gasteiger partial charge < -0.3 is 10.2 Å². The fraction of sp³-hybridized carbons (Fsp3) is 0.562. The maximum atomic E-state index is 13.6. The van der Waals surface area contributed by atoms with E-state index < -0.39 is 0 Å². The van der Waals surface area contributed by atoms with Gasteiger partial charge in [0.15, 0.2) is 0 Å². The average molecular weight is 315 g/mol. The van der Waals surface area contributed by atoms with Crippen LogP contribution in [0.3, 0.4) is 0 Å². The first-order valence-electron chi connectivity index (χ1n) is 7.36. The van der Waals surface area contributed by atoms with Crippen LogP contribution in [-0.4, -0.2) is 37.5 Å². The minimum Gasteiger partial charge on any atom is -0.343 e. The van der Waals surface area contributed by atoms with Gasteiger partial charge in [0.1, 0.15) is 5.82 Å². The van der Waals surface area contributed by atoms with Gasteiger partial charge in [-0.3, -0.25) is 4.79 Å². The zero-order chi connectivity index (χ0) is 14.4. The van der Waals surface area contributed by atoms with E-state index in [4.69, 9.17) is 0 Å². The van der Waals surface area contributed by atoms with Crippen molar-refractivity contribution >= 4 is 18.3 Å². The van der Waals surface area contributed by atoms with Crippen LogP contribution in [0.25, 0.3) is 0 Å². The molecule has 0 radical (unpaired) electrons. The number of benzene rings is 1. The molecular formula is C16H24ClFN2O. The molecule has 1 fully saturated rings. The molecule has 21 heavy (non-hydrogen) atoms. The van der Waals surface area contributed by atoms with E-state index in [-0.39, 0.29) is 24.1 Å². The van der Waals surface area contributed by atoms with E-state index in [1.807, 2.05) is 24.1 Å². The highest BCUT2D eigenvalue weighted by molar-refractivity contribution is 5.85. The van der Waals surface area contributed by atoms with Crippen molar-refractivity contribution in [3.8, 4) is 0 Å². The normalized spacial score (nSPS) is 15.6. The van der Waals surface area contributed by atoms with Crippen LogP contribution in [0.4, 0.5) is 4.39 Å². The number of carbonyl (C=O) groups excluding carboxylic acids is 1. The van der Waals surface area contributed by atoms with Gasteiger partial charge in [-0.2, -0.15) is 0 Å². The van der Waals surface area contributed by atoms with Crippen LogP contribution in [0.1, 0.15) is 24.8 Å². The lowest BCUT2D eigenvalue weighted by Crippen LogP contribution is -2.39. The number of piperidine rings is 1. The van der Waals surface area contributed by atoms with Crippen LogP contribution >= 0.6 is 12.4 Å². The van der Waals surface area contributed by atoms with Gasteiger partial charge in [0, 0.05) is 26.1 Å². The van der Waals surface area contributed by atoms with Gasteiger partial charge >= 0.3 is 0 Å². The molecule has 0 aromatic heterocycles. The summed E-state index contributed by atoms with van der Waals surface area (Å²) in [6, 6.07) is 6.99. The molecule has 1 N–H and O–H groups in total. The second-order valence-electron chi connectivity index (χ2n) is 5.47. The molecule has 1 heterocycles. The summed E-state index contributed by atoms with van der Waals surface area (Å²) in [4.78, 5) is 13.8. The Hall–Kier alpha value is -1.13. The van der Waals surface area contributed by atoms with Crippen LogP contribution in [0.15, 0.2) is 24.3 Å². The Labute approximate surface area is 132 Å². The number of hydrogen-bond donors (Lipinski definition) is 1. The minimum atomic E-state index is -0.111. The van der Waals surface area contributed by atoms with E-state index in [0.29, 0.717) is 12.3 Å². The quantitative estimate of drug-likeness (QED) is 0.906. The molecular weight excluding hydrogens is 291 g/mol. The molecule has 3 nitrogen and oxygen atoms in total. The number of nitrogens with zero attached hydrogens (tertiary/aromatic N) is 1. The Bertz CT molecular complexity index is 448. The maximum absolute atomic E-state index is 13.6. The number of hydrogen-bond acceptors (Lipinski definition) is 2. The monoisotopic (exact) mass is 314 g/mol. The SMILES string of the molecule is CNCCC(=O)N1CCC(Cc2ccccc2F)CC1.Cl. The second kappa shape index (κ2) is 9.00. The summed E-state index contributed by atoms with van der Waals surface area (Å²) in [5.41, 5.74) is 0.799. The van der Waals surface area contributed by atoms with E-state index >= 15 is 0 Å². The van der Waals surface area contributed by atoms with Gasteiger partial charge in [-0.05, 0) is 43.9 Å². The van der Waals surface area contributed by atoms with Gasteiger partial charge in [0.2, 0.25) is 5.91 Å². The van der Waals surface area contributed by atoms with E-state index in [1.165, 1.54) is 6.07 Å². The Morgan fingerprint density at radius 1 is 1.33 bits per heavy atom. The summed E-state index contributed by atoms with van der Waals surface area (Å²) < 4.78 is 13.6. The molecule has 118 valence electrons. The van der Waals surface area contributed by atoms with Crippen molar-refractivity contribution in [3.05, 3.63) is 35.6 Å². The molecule has 1 saturated heterocycles. The Morgan fingerprint density at radius 3 is 2.62 bits per heavy atom. The van der Waals surface area contributed by atoms with Gasteiger partial charge in [0.25, 0.3) is 0 Å². The van der Waals surface area contributed by atoms with Crippen LogP contribution in [0.2, 0.25) is 0 Å². The largest absolute Gasteiger partial charge is 0.343 e. The van der Waals surface area contributed by atoms with Crippen LogP contribution in [0, 0.1) is 11.7 Å². The van der Waals surface area contributed by atoms with Crippen molar-refractivity contribution in [2.75, 3.05) is 26.7 Å². The van der Waals surface area contributed by atoms with Crippen molar-refractivity contribution < 1.29 is 9.18 Å². The first-order valence-corrected chi connectivity index (χ1v) is 7.36. The third-order valence-electron chi connectivity index (χ3n) is 4.02. The summed E-state index contributed by atoms with van der Waals surface area (Å²) in [7, 11) is 1.86. The number of amides is 1. The molecule has 0 spiro atoms. The second-order valence-corrected chi connectivity index (χ2v) is 5.47. The van der Waals surface area contributed by atoms with Gasteiger partial charge in [0.05, 0.1) is 0 Å². The molecule has 0 aliphatic carbocycles. The standard InChI is InChI=1S/C16H23FN2O.ClH/c1-18-9-6-16(20)19-10-7-13(8-11-19)12-14-4-2-3-5-15(14)17;/h2-5,13,18H,6-12H2,1H3;1H. The zero-order valence-corrected chi connectivity index (χ0v) is 13.3. The predicted molar refractivity (Wildman–Crippen MR) is 85.2 cm³/mol. The van der Waals surface area contributed by atoms with Crippen LogP contribution < -0.4 is 5.32 Å². The summed E-state index contributed by atoms with van der Waals surface area (Å²) in [5.74, 6) is 0.601. The summed E-state index contributed by atoms with van der Waals surface area (Å²) >= 11 is 0. The predicted octanol–water partition coefficient (Wildman–Crippen LogP) is 2.64. The van der Waals surface area contributed by atoms with E-state index in [2.05, 4.69) is 5.32 Å². The van der Waals surface area contributed by atoms with Crippen molar-refractivity contribution in [2.24, 2.45) is 5.92 Å². The summed E-state index contributed by atoms with van der Waals surface area (Å²) in [6.07, 6.45) is 3.29. The third kappa shape index (κ3) is 5.29. The lowest BCUT2D eigenvalue weighted by molar-refractivity contribution is -0.132. The number of nitrogens with one attached hydrogen (secondary N) is 1. The molecule has 2 rings (SSSR count). The highest BCUT2D eigenvalue weighted by Crippen LogP contribution is 2.23. The summed E-state index contributed by atoms with van der Waals surface area (Å²) in [5, 5.41) is 3.00. The molecule has 1 amide bonds. The molecule has 1 aliphatic heterocycles. The van der Waals surface area contributed by atoms with E-state index in [9.17, 15) is 9.18 Å². The molecule has 0 unspecified atom stereocenters. The van der Waals surface area contributed by atoms with Crippen molar-refractivity contribution in [2.45, 2.75) is 25.7 Å². The molecule has 1 aromatic rings. The molecule has 0 atom stereocenters. The number of rotatable bonds is 5. The molecule has 5 heteroatoms. The van der Waals surface area contributed by atoms with Gasteiger partial charge in [-0.15, -0.1) is 12.4 Å². The number of carbonyl (C=O) groups is 1. The molecule has 1 aromatic carbocycles. The topological polar surface area (TPSA) is 32.3 Å². The number of halogens is 2. The Kier molecular flexibility index (Phi) is 7.68. The maximum Gasteiger partial charge on any atom is 0.223 e. The third-order valence-corrected chi connectivity index (χ3v) is 4.02. The van der Waals surface area contributed by atoms with Crippen molar-refractivity contribution in [1.29, 1.82) is 0 Å². The Morgan fingerprint density at radius 2 is 2.00 bits per heavy atom. The summed E-state index contributed by atoms with van der Waals surface area (Å²) in [6.45, 7) is 2.34. The van der Waals surface area contributed by atoms with E-state index in [0.717, 1.165) is 44.5 Å². The molecule has 0 saturated carbocycles.